The minimum Gasteiger partial charge on any atom is -0.457 e. The average molecular weight is 293 g/mol. The van der Waals surface area contributed by atoms with Crippen LogP contribution in [0.25, 0.3) is 0 Å². The molecule has 0 aromatic carbocycles. The molecule has 1 N–H and O–H groups in total. The number of hydrogen-bond acceptors (Lipinski definition) is 4. The maximum atomic E-state index is 12.7. The molecule has 2 rings (SSSR count). The number of aryl methyl sites for hydroxylation is 1. The van der Waals surface area contributed by atoms with Crippen LogP contribution < -0.4 is 10.1 Å². The van der Waals surface area contributed by atoms with Crippen LogP contribution in [0.3, 0.4) is 0 Å². The van der Waals surface area contributed by atoms with Gasteiger partial charge >= 0.3 is 18.4 Å². The summed E-state index contributed by atoms with van der Waals surface area (Å²) in [5.74, 6) is -4.20. The van der Waals surface area contributed by atoms with Crippen LogP contribution in [-0.2, 0) is 6.54 Å². The maximum absolute atomic E-state index is 12.7. The Morgan fingerprint density at radius 3 is 2.70 bits per heavy atom. The van der Waals surface area contributed by atoms with E-state index in [1.165, 1.54) is 6.20 Å². The Morgan fingerprint density at radius 2 is 2.15 bits per heavy atom. The molecule has 1 aromatic rings. The quantitative estimate of drug-likeness (QED) is 0.784. The molecular formula is C12H15F4N3O. The van der Waals surface area contributed by atoms with Crippen molar-refractivity contribution in [2.24, 2.45) is 0 Å². The second-order valence-electron chi connectivity index (χ2n) is 4.77. The monoisotopic (exact) mass is 293 g/mol. The summed E-state index contributed by atoms with van der Waals surface area (Å²) in [6.45, 7) is 0.831. The number of ether oxygens (including phenoxy) is 1. The Kier molecular flexibility index (Phi) is 4.42. The van der Waals surface area contributed by atoms with E-state index >= 15 is 0 Å². The second kappa shape index (κ2) is 5.90. The first-order chi connectivity index (χ1) is 9.38. The highest BCUT2D eigenvalue weighted by atomic mass is 19.3. The second-order valence-corrected chi connectivity index (χ2v) is 4.77. The van der Waals surface area contributed by atoms with Gasteiger partial charge in [-0.2, -0.15) is 8.78 Å². The third-order valence-electron chi connectivity index (χ3n) is 2.93. The molecule has 4 nitrogen and oxygen atoms in total. The molecule has 0 atom stereocenters. The molecule has 1 fully saturated rings. The minimum atomic E-state index is -4.20. The van der Waals surface area contributed by atoms with Crippen LogP contribution >= 0.6 is 0 Å². The van der Waals surface area contributed by atoms with Crippen molar-refractivity contribution in [2.75, 3.05) is 6.61 Å². The summed E-state index contributed by atoms with van der Waals surface area (Å²) in [6, 6.07) is 0.202. The molecule has 112 valence electrons. The first-order valence-electron chi connectivity index (χ1n) is 6.23. The van der Waals surface area contributed by atoms with Crippen molar-refractivity contribution in [3.63, 3.8) is 0 Å². The number of aromatic nitrogens is 2. The zero-order valence-corrected chi connectivity index (χ0v) is 10.9. The van der Waals surface area contributed by atoms with Crippen molar-refractivity contribution >= 4 is 0 Å². The molecule has 1 aliphatic rings. The Bertz CT molecular complexity index is 466. The number of nitrogens with one attached hydrogen (secondary N) is 1. The van der Waals surface area contributed by atoms with E-state index in [1.807, 2.05) is 0 Å². The van der Waals surface area contributed by atoms with E-state index in [4.69, 9.17) is 0 Å². The van der Waals surface area contributed by atoms with Gasteiger partial charge in [0.2, 0.25) is 0 Å². The first-order valence-corrected chi connectivity index (χ1v) is 6.23. The molecule has 1 aliphatic carbocycles. The summed E-state index contributed by atoms with van der Waals surface area (Å²) in [5.41, 5.74) is 1.40. The fraction of sp³-hybridized carbons (Fsp3) is 0.667. The van der Waals surface area contributed by atoms with E-state index in [0.29, 0.717) is 18.3 Å². The number of alkyl halides is 4. The zero-order chi connectivity index (χ0) is 14.8. The van der Waals surface area contributed by atoms with Crippen molar-refractivity contribution in [3.8, 4) is 6.01 Å². The van der Waals surface area contributed by atoms with Crippen LogP contribution in [0.5, 0.6) is 6.01 Å². The number of nitrogens with zero attached hydrogens (tertiary/aromatic N) is 2. The van der Waals surface area contributed by atoms with Gasteiger partial charge in [-0.1, -0.05) is 0 Å². The number of rotatable bonds is 7. The molecule has 0 spiro atoms. The van der Waals surface area contributed by atoms with E-state index in [2.05, 4.69) is 20.0 Å². The first kappa shape index (κ1) is 15.0. The molecule has 0 bridgehead atoms. The third-order valence-corrected chi connectivity index (χ3v) is 2.93. The molecule has 0 amide bonds. The van der Waals surface area contributed by atoms with E-state index in [-0.39, 0.29) is 6.01 Å². The van der Waals surface area contributed by atoms with Gasteiger partial charge in [0.15, 0.2) is 6.61 Å². The van der Waals surface area contributed by atoms with E-state index in [0.717, 1.165) is 18.4 Å². The Morgan fingerprint density at radius 1 is 1.45 bits per heavy atom. The molecule has 0 unspecified atom stereocenters. The van der Waals surface area contributed by atoms with Crippen LogP contribution in [0, 0.1) is 6.92 Å². The van der Waals surface area contributed by atoms with Gasteiger partial charge in [0.1, 0.15) is 0 Å². The smallest absolute Gasteiger partial charge is 0.340 e. The summed E-state index contributed by atoms with van der Waals surface area (Å²) in [7, 11) is 0. The van der Waals surface area contributed by atoms with Gasteiger partial charge in [-0.15, -0.1) is 0 Å². The molecule has 20 heavy (non-hydrogen) atoms. The number of halogens is 4. The maximum Gasteiger partial charge on any atom is 0.340 e. The van der Waals surface area contributed by atoms with E-state index < -0.39 is 19.0 Å². The fourth-order valence-corrected chi connectivity index (χ4v) is 1.48. The number of hydrogen-bond donors (Lipinski definition) is 1. The Labute approximate surface area is 113 Å². The lowest BCUT2D eigenvalue weighted by Gasteiger charge is -2.15. The van der Waals surface area contributed by atoms with Crippen LogP contribution in [-0.4, -0.2) is 35.0 Å². The van der Waals surface area contributed by atoms with Gasteiger partial charge in [-0.05, 0) is 19.8 Å². The lowest BCUT2D eigenvalue weighted by atomic mass is 10.2. The van der Waals surface area contributed by atoms with Gasteiger partial charge in [0.05, 0.1) is 0 Å². The molecule has 1 heterocycles. The van der Waals surface area contributed by atoms with Gasteiger partial charge in [-0.25, -0.2) is 18.7 Å². The van der Waals surface area contributed by atoms with Gasteiger partial charge in [-0.3, -0.25) is 0 Å². The Balaban J connectivity index is 1.90. The largest absolute Gasteiger partial charge is 0.457 e. The lowest BCUT2D eigenvalue weighted by Crippen LogP contribution is -2.34. The highest BCUT2D eigenvalue weighted by Gasteiger charge is 2.42. The van der Waals surface area contributed by atoms with Crippen molar-refractivity contribution in [2.45, 2.75) is 44.7 Å². The van der Waals surface area contributed by atoms with Gasteiger partial charge in [0.25, 0.3) is 0 Å². The van der Waals surface area contributed by atoms with Crippen molar-refractivity contribution in [1.29, 1.82) is 0 Å². The van der Waals surface area contributed by atoms with Crippen LogP contribution in [0.1, 0.15) is 24.1 Å². The molecule has 0 radical (unpaired) electrons. The molecular weight excluding hydrogens is 278 g/mol. The molecule has 1 aromatic heterocycles. The highest BCUT2D eigenvalue weighted by Crippen LogP contribution is 2.23. The van der Waals surface area contributed by atoms with Crippen molar-refractivity contribution in [1.82, 2.24) is 15.3 Å². The van der Waals surface area contributed by atoms with Gasteiger partial charge < -0.3 is 10.1 Å². The molecule has 0 aliphatic heterocycles. The van der Waals surface area contributed by atoms with Crippen LogP contribution in [0.15, 0.2) is 6.20 Å². The van der Waals surface area contributed by atoms with Gasteiger partial charge in [0, 0.05) is 30.0 Å². The molecule has 0 saturated heterocycles. The minimum absolute atomic E-state index is 0.321. The average Bonchev–Trinajstić information content (AvgIpc) is 3.19. The van der Waals surface area contributed by atoms with Crippen molar-refractivity contribution < 1.29 is 22.3 Å². The van der Waals surface area contributed by atoms with Crippen molar-refractivity contribution in [3.05, 3.63) is 17.5 Å². The highest BCUT2D eigenvalue weighted by molar-refractivity contribution is 5.18. The lowest BCUT2D eigenvalue weighted by molar-refractivity contribution is -0.149. The summed E-state index contributed by atoms with van der Waals surface area (Å²) in [4.78, 5) is 7.63. The molecule has 1 saturated carbocycles. The Hall–Kier alpha value is -1.44. The van der Waals surface area contributed by atoms with Crippen LogP contribution in [0.2, 0.25) is 0 Å². The third kappa shape index (κ3) is 4.03. The predicted octanol–water partition coefficient (Wildman–Crippen LogP) is 2.32. The predicted molar refractivity (Wildman–Crippen MR) is 63.1 cm³/mol. The zero-order valence-electron chi connectivity index (χ0n) is 10.9. The van der Waals surface area contributed by atoms with E-state index in [1.54, 1.807) is 6.92 Å². The normalized spacial score (nSPS) is 15.7. The standard InChI is InChI=1S/C12H15F4N3O/c1-7-8(4-17-9-2-3-9)5-18-11(19-7)20-6-12(15,16)10(13)14/h5,9-10,17H,2-4,6H2,1H3. The van der Waals surface area contributed by atoms with E-state index in [9.17, 15) is 17.6 Å². The summed E-state index contributed by atoms with van der Waals surface area (Å²) >= 11 is 0. The SMILES string of the molecule is Cc1nc(OCC(F)(F)C(F)F)ncc1CNC1CC1. The summed E-state index contributed by atoms with van der Waals surface area (Å²) in [6.07, 6.45) is -0.0353. The summed E-state index contributed by atoms with van der Waals surface area (Å²) < 4.78 is 53.8. The van der Waals surface area contributed by atoms with Crippen LogP contribution in [0.4, 0.5) is 17.6 Å². The topological polar surface area (TPSA) is 47.0 Å². The summed E-state index contributed by atoms with van der Waals surface area (Å²) in [5, 5.41) is 3.26. The molecule has 8 heteroatoms. The fourth-order valence-electron chi connectivity index (χ4n) is 1.48.